The van der Waals surface area contributed by atoms with Gasteiger partial charge in [-0.05, 0) is 20.8 Å². The van der Waals surface area contributed by atoms with Crippen LogP contribution in [-0.2, 0) is 11.3 Å². The molecule has 0 aliphatic carbocycles. The monoisotopic (exact) mass is 536 g/mol. The van der Waals surface area contributed by atoms with Gasteiger partial charge in [-0.2, -0.15) is 0 Å². The molecule has 2 N–H and O–H groups in total. The van der Waals surface area contributed by atoms with Gasteiger partial charge in [0.25, 0.3) is 0 Å². The third kappa shape index (κ3) is 7.35. The summed E-state index contributed by atoms with van der Waals surface area (Å²) in [5.41, 5.74) is 0.871. The molecule has 0 amide bonds. The number of morpholine rings is 1. The number of rotatable bonds is 9. The highest BCUT2D eigenvalue weighted by Crippen LogP contribution is 2.34. The summed E-state index contributed by atoms with van der Waals surface area (Å²) in [4.78, 5) is 7.20. The van der Waals surface area contributed by atoms with Crippen LogP contribution in [0.25, 0.3) is 0 Å². The summed E-state index contributed by atoms with van der Waals surface area (Å²) in [6, 6.07) is 3.69. The predicted molar refractivity (Wildman–Crippen MR) is 131 cm³/mol. The maximum Gasteiger partial charge on any atom is 0.191 e. The molecule has 1 heterocycles. The van der Waals surface area contributed by atoms with E-state index >= 15 is 0 Å². The molecule has 0 unspecified atom stereocenters. The van der Waals surface area contributed by atoms with Crippen molar-refractivity contribution in [2.75, 3.05) is 60.7 Å². The van der Waals surface area contributed by atoms with E-state index in [1.807, 2.05) is 12.1 Å². The third-order valence-corrected chi connectivity index (χ3v) is 5.11. The smallest absolute Gasteiger partial charge is 0.191 e. The Morgan fingerprint density at radius 2 is 1.67 bits per heavy atom. The predicted octanol–water partition coefficient (Wildman–Crippen LogP) is 2.50. The Bertz CT molecular complexity index is 654. The number of halogens is 1. The second kappa shape index (κ2) is 13.1. The molecular formula is C21H37IN4O4. The van der Waals surface area contributed by atoms with Crippen molar-refractivity contribution < 1.29 is 18.9 Å². The first-order valence-electron chi connectivity index (χ1n) is 10.1. The number of benzene rings is 1. The van der Waals surface area contributed by atoms with Gasteiger partial charge in [0.1, 0.15) is 17.2 Å². The quantitative estimate of drug-likeness (QED) is 0.286. The molecule has 0 atom stereocenters. The second-order valence-electron chi connectivity index (χ2n) is 7.47. The molecule has 30 heavy (non-hydrogen) atoms. The van der Waals surface area contributed by atoms with E-state index in [2.05, 4.69) is 36.3 Å². The molecule has 2 rings (SSSR count). The molecule has 0 bridgehead atoms. The van der Waals surface area contributed by atoms with Crippen molar-refractivity contribution in [3.05, 3.63) is 17.7 Å². The van der Waals surface area contributed by atoms with Crippen LogP contribution in [0.5, 0.6) is 17.2 Å². The highest BCUT2D eigenvalue weighted by atomic mass is 127. The Morgan fingerprint density at radius 3 is 2.17 bits per heavy atom. The number of nitrogens with one attached hydrogen (secondary N) is 2. The number of ether oxygens (including phenoxy) is 4. The number of aliphatic imine (C=N–C) groups is 1. The Labute approximate surface area is 197 Å². The zero-order valence-corrected chi connectivity index (χ0v) is 21.4. The maximum absolute atomic E-state index is 5.53. The van der Waals surface area contributed by atoms with Gasteiger partial charge in [0.2, 0.25) is 0 Å². The molecule has 0 spiro atoms. The van der Waals surface area contributed by atoms with Gasteiger partial charge in [-0.1, -0.05) is 0 Å². The standard InChI is InChI=1S/C21H36N4O4.HI/c1-7-22-20(24-15-21(2,3)25-8-10-29-11-9-25)23-14-17-18(27-5)12-16(26-4)13-19(17)28-6;/h12-13H,7-11,14-15H2,1-6H3,(H2,22,23,24);1H. The van der Waals surface area contributed by atoms with Gasteiger partial charge >= 0.3 is 0 Å². The van der Waals surface area contributed by atoms with Crippen LogP contribution >= 0.6 is 24.0 Å². The summed E-state index contributed by atoms with van der Waals surface area (Å²) in [6.45, 7) is 12.0. The molecule has 0 radical (unpaired) electrons. The fourth-order valence-corrected chi connectivity index (χ4v) is 3.31. The van der Waals surface area contributed by atoms with E-state index in [-0.39, 0.29) is 29.5 Å². The normalized spacial score (nSPS) is 15.2. The van der Waals surface area contributed by atoms with Crippen molar-refractivity contribution in [2.24, 2.45) is 4.99 Å². The Kier molecular flexibility index (Phi) is 11.6. The Balaban J connectivity index is 0.00000450. The van der Waals surface area contributed by atoms with E-state index in [9.17, 15) is 0 Å². The Hall–Kier alpha value is -1.46. The molecule has 1 aliphatic heterocycles. The topological polar surface area (TPSA) is 76.6 Å². The number of hydrogen-bond acceptors (Lipinski definition) is 6. The van der Waals surface area contributed by atoms with E-state index < -0.39 is 0 Å². The fraction of sp³-hybridized carbons (Fsp3) is 0.667. The molecule has 0 saturated carbocycles. The summed E-state index contributed by atoms with van der Waals surface area (Å²) in [5.74, 6) is 2.82. The summed E-state index contributed by atoms with van der Waals surface area (Å²) in [7, 11) is 4.89. The van der Waals surface area contributed by atoms with Crippen LogP contribution in [-0.4, -0.2) is 77.1 Å². The molecule has 1 aliphatic rings. The molecule has 1 saturated heterocycles. The molecule has 9 heteroatoms. The molecule has 172 valence electrons. The molecule has 0 aromatic heterocycles. The van der Waals surface area contributed by atoms with E-state index in [4.69, 9.17) is 23.9 Å². The van der Waals surface area contributed by atoms with Crippen LogP contribution in [0.15, 0.2) is 17.1 Å². The molecule has 1 aromatic carbocycles. The molecule has 1 fully saturated rings. The van der Waals surface area contributed by atoms with Crippen LogP contribution in [0.1, 0.15) is 26.3 Å². The SMILES string of the molecule is CCNC(=NCc1c(OC)cc(OC)cc1OC)NCC(C)(C)N1CCOCC1.I. The highest BCUT2D eigenvalue weighted by Gasteiger charge is 2.28. The summed E-state index contributed by atoms with van der Waals surface area (Å²) < 4.78 is 21.8. The number of nitrogens with zero attached hydrogens (tertiary/aromatic N) is 2. The third-order valence-electron chi connectivity index (χ3n) is 5.11. The first kappa shape index (κ1) is 26.6. The largest absolute Gasteiger partial charge is 0.496 e. The second-order valence-corrected chi connectivity index (χ2v) is 7.47. The number of guanidine groups is 1. The van der Waals surface area contributed by atoms with E-state index in [1.165, 1.54) is 0 Å². The zero-order chi connectivity index (χ0) is 21.3. The van der Waals surface area contributed by atoms with Gasteiger partial charge in [0, 0.05) is 43.9 Å². The van der Waals surface area contributed by atoms with Gasteiger partial charge in [-0.3, -0.25) is 4.90 Å². The van der Waals surface area contributed by atoms with E-state index in [1.54, 1.807) is 21.3 Å². The van der Waals surface area contributed by atoms with Gasteiger partial charge in [-0.25, -0.2) is 4.99 Å². The van der Waals surface area contributed by atoms with Crippen molar-refractivity contribution in [3.8, 4) is 17.2 Å². The number of methoxy groups -OCH3 is 3. The van der Waals surface area contributed by atoms with Gasteiger partial charge in [0.15, 0.2) is 5.96 Å². The lowest BCUT2D eigenvalue weighted by Crippen LogP contribution is -2.56. The van der Waals surface area contributed by atoms with Crippen molar-refractivity contribution in [2.45, 2.75) is 32.9 Å². The lowest BCUT2D eigenvalue weighted by molar-refractivity contribution is -0.00834. The van der Waals surface area contributed by atoms with Crippen LogP contribution in [0.4, 0.5) is 0 Å². The van der Waals surface area contributed by atoms with Gasteiger partial charge < -0.3 is 29.6 Å². The van der Waals surface area contributed by atoms with Gasteiger partial charge in [-0.15, -0.1) is 24.0 Å². The molecule has 1 aromatic rings. The highest BCUT2D eigenvalue weighted by molar-refractivity contribution is 14.0. The summed E-state index contributed by atoms with van der Waals surface area (Å²) in [6.07, 6.45) is 0. The minimum Gasteiger partial charge on any atom is -0.496 e. The maximum atomic E-state index is 5.53. The first-order valence-corrected chi connectivity index (χ1v) is 10.1. The van der Waals surface area contributed by atoms with Crippen LogP contribution in [0, 0.1) is 0 Å². The average Bonchev–Trinajstić information content (AvgIpc) is 2.75. The minimum atomic E-state index is -0.00450. The van der Waals surface area contributed by atoms with Crippen LogP contribution in [0.2, 0.25) is 0 Å². The number of hydrogen-bond donors (Lipinski definition) is 2. The zero-order valence-electron chi connectivity index (χ0n) is 19.0. The van der Waals surface area contributed by atoms with Crippen molar-refractivity contribution in [1.82, 2.24) is 15.5 Å². The average molecular weight is 536 g/mol. The van der Waals surface area contributed by atoms with Crippen molar-refractivity contribution >= 4 is 29.9 Å². The van der Waals surface area contributed by atoms with Crippen LogP contribution in [0.3, 0.4) is 0 Å². The molecule has 8 nitrogen and oxygen atoms in total. The van der Waals surface area contributed by atoms with E-state index in [0.717, 1.165) is 50.9 Å². The lowest BCUT2D eigenvalue weighted by Gasteiger charge is -2.41. The first-order chi connectivity index (χ1) is 13.9. The van der Waals surface area contributed by atoms with Crippen molar-refractivity contribution in [1.29, 1.82) is 0 Å². The Morgan fingerprint density at radius 1 is 1.07 bits per heavy atom. The minimum absolute atomic E-state index is 0. The van der Waals surface area contributed by atoms with Crippen molar-refractivity contribution in [3.63, 3.8) is 0 Å². The summed E-state index contributed by atoms with van der Waals surface area (Å²) >= 11 is 0. The fourth-order valence-electron chi connectivity index (χ4n) is 3.31. The van der Waals surface area contributed by atoms with Crippen LogP contribution < -0.4 is 24.8 Å². The van der Waals surface area contributed by atoms with E-state index in [0.29, 0.717) is 23.8 Å². The lowest BCUT2D eigenvalue weighted by atomic mass is 10.0. The van der Waals surface area contributed by atoms with Gasteiger partial charge in [0.05, 0.1) is 46.7 Å². The molecular weight excluding hydrogens is 499 g/mol. The summed E-state index contributed by atoms with van der Waals surface area (Å²) in [5, 5.41) is 6.79.